The Morgan fingerprint density at radius 3 is 2.93 bits per heavy atom. The van der Waals surface area contributed by atoms with E-state index < -0.39 is 0 Å². The molecule has 0 unspecified atom stereocenters. The monoisotopic (exact) mass is 207 g/mol. The predicted octanol–water partition coefficient (Wildman–Crippen LogP) is 1.01. The van der Waals surface area contributed by atoms with E-state index in [2.05, 4.69) is 10.3 Å². The lowest BCUT2D eigenvalue weighted by molar-refractivity contribution is 0.0917. The van der Waals surface area contributed by atoms with Crippen LogP contribution < -0.4 is 11.1 Å². The summed E-state index contributed by atoms with van der Waals surface area (Å²) in [7, 11) is 0. The molecule has 1 aromatic heterocycles. The lowest BCUT2D eigenvalue weighted by Gasteiger charge is -2.29. The van der Waals surface area contributed by atoms with Crippen LogP contribution >= 0.6 is 0 Å². The van der Waals surface area contributed by atoms with Crippen molar-refractivity contribution in [1.82, 2.24) is 10.3 Å². The largest absolute Gasteiger partial charge is 0.357 e. The Hall–Kier alpha value is -1.29. The summed E-state index contributed by atoms with van der Waals surface area (Å²) in [4.78, 5) is 14.6. The van der Waals surface area contributed by atoms with Crippen LogP contribution in [0.25, 0.3) is 0 Å². The topological polar surface area (TPSA) is 70.9 Å². The molecule has 1 heterocycles. The van der Waals surface area contributed by atoms with Crippen molar-refractivity contribution < 1.29 is 4.79 Å². The molecule has 1 aliphatic carbocycles. The fraction of sp³-hybridized carbons (Fsp3) is 0.545. The smallest absolute Gasteiger partial charge is 0.267 e. The highest BCUT2D eigenvalue weighted by molar-refractivity contribution is 5.92. The molecule has 1 aromatic rings. The van der Waals surface area contributed by atoms with E-state index in [0.717, 1.165) is 19.3 Å². The molecule has 15 heavy (non-hydrogen) atoms. The predicted molar refractivity (Wildman–Crippen MR) is 58.5 cm³/mol. The fourth-order valence-electron chi connectivity index (χ4n) is 2.06. The van der Waals surface area contributed by atoms with Gasteiger partial charge in [0.05, 0.1) is 0 Å². The van der Waals surface area contributed by atoms with Crippen molar-refractivity contribution >= 4 is 5.91 Å². The number of hydrogen-bond acceptors (Lipinski definition) is 2. The third-order valence-electron chi connectivity index (χ3n) is 2.98. The van der Waals surface area contributed by atoms with Crippen LogP contribution in [0.2, 0.25) is 0 Å². The number of aromatic nitrogens is 1. The Bertz CT molecular complexity index is 321. The van der Waals surface area contributed by atoms with Crippen molar-refractivity contribution in [1.29, 1.82) is 0 Å². The number of carbonyl (C=O) groups is 1. The number of H-pyrrole nitrogens is 1. The van der Waals surface area contributed by atoms with E-state index in [1.165, 1.54) is 6.42 Å². The third kappa shape index (κ3) is 2.39. The molecule has 1 amide bonds. The van der Waals surface area contributed by atoms with Gasteiger partial charge < -0.3 is 16.0 Å². The first-order chi connectivity index (χ1) is 7.27. The quantitative estimate of drug-likeness (QED) is 0.677. The van der Waals surface area contributed by atoms with Crippen molar-refractivity contribution in [2.24, 2.45) is 5.73 Å². The zero-order chi connectivity index (χ0) is 10.7. The second-order valence-electron chi connectivity index (χ2n) is 4.11. The Kier molecular flexibility index (Phi) is 3.06. The van der Waals surface area contributed by atoms with Crippen molar-refractivity contribution in [3.8, 4) is 0 Å². The van der Waals surface area contributed by atoms with Gasteiger partial charge in [-0.1, -0.05) is 12.8 Å². The molecule has 0 radical (unpaired) electrons. The average Bonchev–Trinajstić information content (AvgIpc) is 2.74. The van der Waals surface area contributed by atoms with Crippen LogP contribution in [0.4, 0.5) is 0 Å². The summed E-state index contributed by atoms with van der Waals surface area (Å²) in [6.45, 7) is 0. The molecular formula is C11H17N3O. The second-order valence-corrected chi connectivity index (χ2v) is 4.11. The van der Waals surface area contributed by atoms with Crippen molar-refractivity contribution in [2.75, 3.05) is 0 Å². The van der Waals surface area contributed by atoms with Gasteiger partial charge in [0.15, 0.2) is 0 Å². The van der Waals surface area contributed by atoms with Gasteiger partial charge >= 0.3 is 0 Å². The number of nitrogens with two attached hydrogens (primary N) is 1. The Balaban J connectivity index is 1.93. The molecule has 4 nitrogen and oxygen atoms in total. The van der Waals surface area contributed by atoms with Gasteiger partial charge in [0.1, 0.15) is 5.69 Å². The minimum absolute atomic E-state index is 0.0534. The van der Waals surface area contributed by atoms with Crippen molar-refractivity contribution in [3.63, 3.8) is 0 Å². The molecule has 4 heteroatoms. The molecule has 0 aliphatic heterocycles. The van der Waals surface area contributed by atoms with Crippen LogP contribution in [0, 0.1) is 0 Å². The molecule has 82 valence electrons. The third-order valence-corrected chi connectivity index (χ3v) is 2.98. The SMILES string of the molecule is N[C@@H]1CCCC[C@H]1NC(=O)c1ccc[nH]1. The lowest BCUT2D eigenvalue weighted by atomic mass is 9.91. The van der Waals surface area contributed by atoms with E-state index >= 15 is 0 Å². The summed E-state index contributed by atoms with van der Waals surface area (Å²) in [6.07, 6.45) is 6.08. The molecule has 0 spiro atoms. The number of aromatic amines is 1. The number of hydrogen-bond donors (Lipinski definition) is 3. The normalized spacial score (nSPS) is 26.2. The van der Waals surface area contributed by atoms with Crippen LogP contribution in [0.15, 0.2) is 18.3 Å². The van der Waals surface area contributed by atoms with Crippen LogP contribution in [-0.2, 0) is 0 Å². The zero-order valence-electron chi connectivity index (χ0n) is 8.70. The molecule has 4 N–H and O–H groups in total. The van der Waals surface area contributed by atoms with Crippen molar-refractivity contribution in [2.45, 2.75) is 37.8 Å². The van der Waals surface area contributed by atoms with Crippen LogP contribution in [0.1, 0.15) is 36.2 Å². The molecule has 0 bridgehead atoms. The van der Waals surface area contributed by atoms with Gasteiger partial charge in [-0.25, -0.2) is 0 Å². The molecule has 2 atom stereocenters. The van der Waals surface area contributed by atoms with E-state index in [9.17, 15) is 4.79 Å². The van der Waals surface area contributed by atoms with Crippen LogP contribution in [0.3, 0.4) is 0 Å². The Labute approximate surface area is 89.2 Å². The van der Waals surface area contributed by atoms with E-state index in [4.69, 9.17) is 5.73 Å². The van der Waals surface area contributed by atoms with Gasteiger partial charge in [-0.05, 0) is 25.0 Å². The van der Waals surface area contributed by atoms with Crippen molar-refractivity contribution in [3.05, 3.63) is 24.0 Å². The highest BCUT2D eigenvalue weighted by atomic mass is 16.1. The number of nitrogens with one attached hydrogen (secondary N) is 2. The fourth-order valence-corrected chi connectivity index (χ4v) is 2.06. The van der Waals surface area contributed by atoms with E-state index in [1.807, 2.05) is 6.07 Å². The van der Waals surface area contributed by atoms with Gasteiger partial charge in [0, 0.05) is 18.3 Å². The molecular weight excluding hydrogens is 190 g/mol. The first-order valence-corrected chi connectivity index (χ1v) is 5.47. The summed E-state index contributed by atoms with van der Waals surface area (Å²) in [5.41, 5.74) is 6.56. The minimum Gasteiger partial charge on any atom is -0.357 e. The molecule has 1 saturated carbocycles. The molecule has 1 aliphatic rings. The standard InChI is InChI=1S/C11H17N3O/c12-8-4-1-2-5-9(8)14-11(15)10-6-3-7-13-10/h3,6-9,13H,1-2,4-5,12H2,(H,14,15)/t8-,9-/m1/s1. The van der Waals surface area contributed by atoms with Gasteiger partial charge in [-0.15, -0.1) is 0 Å². The van der Waals surface area contributed by atoms with E-state index in [0.29, 0.717) is 5.69 Å². The zero-order valence-corrected chi connectivity index (χ0v) is 8.70. The van der Waals surface area contributed by atoms with E-state index in [1.54, 1.807) is 12.3 Å². The second kappa shape index (κ2) is 4.49. The summed E-state index contributed by atoms with van der Waals surface area (Å²) < 4.78 is 0. The molecule has 1 fully saturated rings. The van der Waals surface area contributed by atoms with E-state index in [-0.39, 0.29) is 18.0 Å². The van der Waals surface area contributed by atoms with Gasteiger partial charge in [0.2, 0.25) is 0 Å². The van der Waals surface area contributed by atoms with Gasteiger partial charge in [-0.2, -0.15) is 0 Å². The number of rotatable bonds is 2. The Morgan fingerprint density at radius 1 is 1.47 bits per heavy atom. The highest BCUT2D eigenvalue weighted by Crippen LogP contribution is 2.17. The number of carbonyl (C=O) groups excluding carboxylic acids is 1. The maximum Gasteiger partial charge on any atom is 0.267 e. The van der Waals surface area contributed by atoms with Crippen LogP contribution in [-0.4, -0.2) is 23.0 Å². The lowest BCUT2D eigenvalue weighted by Crippen LogP contribution is -2.49. The summed E-state index contributed by atoms with van der Waals surface area (Å²) in [6, 6.07) is 3.83. The van der Waals surface area contributed by atoms with Gasteiger partial charge in [0.25, 0.3) is 5.91 Å². The average molecular weight is 207 g/mol. The first-order valence-electron chi connectivity index (χ1n) is 5.47. The molecule has 2 rings (SSSR count). The summed E-state index contributed by atoms with van der Waals surface area (Å²) in [5, 5.41) is 2.98. The summed E-state index contributed by atoms with van der Waals surface area (Å²) >= 11 is 0. The Morgan fingerprint density at radius 2 is 2.27 bits per heavy atom. The molecule has 0 saturated heterocycles. The van der Waals surface area contributed by atoms with Gasteiger partial charge in [-0.3, -0.25) is 4.79 Å². The summed E-state index contributed by atoms with van der Waals surface area (Å²) in [5.74, 6) is -0.0534. The highest BCUT2D eigenvalue weighted by Gasteiger charge is 2.23. The number of amides is 1. The first kappa shape index (κ1) is 10.2. The molecule has 0 aromatic carbocycles. The maximum atomic E-state index is 11.7. The maximum absolute atomic E-state index is 11.7. The van der Waals surface area contributed by atoms with Crippen LogP contribution in [0.5, 0.6) is 0 Å². The minimum atomic E-state index is -0.0534.